The monoisotopic (exact) mass is 422 g/mol. The topological polar surface area (TPSA) is 113 Å². The highest BCUT2D eigenvalue weighted by molar-refractivity contribution is 6.04. The molecule has 0 aliphatic carbocycles. The lowest BCUT2D eigenvalue weighted by Crippen LogP contribution is -2.11. The molecular formula is C23H18N8O. The fourth-order valence-electron chi connectivity index (χ4n) is 3.22. The zero-order valence-electron chi connectivity index (χ0n) is 16.8. The molecule has 0 aliphatic rings. The minimum absolute atomic E-state index is 0.152. The highest BCUT2D eigenvalue weighted by Gasteiger charge is 2.07. The van der Waals surface area contributed by atoms with Gasteiger partial charge in [-0.15, -0.1) is 10.2 Å². The molecule has 2 aromatic heterocycles. The minimum Gasteiger partial charge on any atom is -0.355 e. The summed E-state index contributed by atoms with van der Waals surface area (Å²) in [6.07, 6.45) is 4.69. The van der Waals surface area contributed by atoms with E-state index in [1.807, 2.05) is 60.7 Å². The van der Waals surface area contributed by atoms with Crippen LogP contribution in [0.15, 0.2) is 90.6 Å². The number of aromatic amines is 1. The van der Waals surface area contributed by atoms with Gasteiger partial charge in [0.1, 0.15) is 12.7 Å². The zero-order valence-corrected chi connectivity index (χ0v) is 16.8. The molecule has 32 heavy (non-hydrogen) atoms. The van der Waals surface area contributed by atoms with Crippen LogP contribution in [0.4, 0.5) is 17.1 Å². The first-order valence-corrected chi connectivity index (χ1v) is 9.85. The third kappa shape index (κ3) is 4.21. The molecule has 0 fully saturated rings. The van der Waals surface area contributed by atoms with Gasteiger partial charge in [0.2, 0.25) is 0 Å². The molecule has 2 heterocycles. The Kier molecular flexibility index (Phi) is 5.11. The van der Waals surface area contributed by atoms with Crippen molar-refractivity contribution in [2.24, 2.45) is 5.10 Å². The molecule has 5 aromatic rings. The summed E-state index contributed by atoms with van der Waals surface area (Å²) in [4.78, 5) is 12.4. The molecule has 0 aliphatic heterocycles. The van der Waals surface area contributed by atoms with Crippen molar-refractivity contribution in [3.63, 3.8) is 0 Å². The average Bonchev–Trinajstić information content (AvgIpc) is 3.48. The number of aromatic nitrogens is 5. The van der Waals surface area contributed by atoms with Gasteiger partial charge in [-0.25, -0.2) is 4.68 Å². The lowest BCUT2D eigenvalue weighted by Gasteiger charge is -2.10. The predicted molar refractivity (Wildman–Crippen MR) is 123 cm³/mol. The van der Waals surface area contributed by atoms with E-state index in [0.717, 1.165) is 28.0 Å². The molecule has 0 spiro atoms. The van der Waals surface area contributed by atoms with E-state index in [1.165, 1.54) is 17.3 Å². The first-order valence-electron chi connectivity index (χ1n) is 9.85. The zero-order chi connectivity index (χ0) is 21.8. The van der Waals surface area contributed by atoms with Crippen LogP contribution in [0.25, 0.3) is 10.9 Å². The first-order chi connectivity index (χ1) is 15.7. The molecule has 3 N–H and O–H groups in total. The molecule has 5 rings (SSSR count). The van der Waals surface area contributed by atoms with E-state index in [4.69, 9.17) is 0 Å². The van der Waals surface area contributed by atoms with E-state index in [1.54, 1.807) is 18.3 Å². The predicted octanol–water partition coefficient (Wildman–Crippen LogP) is 4.03. The number of anilines is 3. The second kappa shape index (κ2) is 8.52. The van der Waals surface area contributed by atoms with E-state index in [9.17, 15) is 4.79 Å². The van der Waals surface area contributed by atoms with Crippen LogP contribution >= 0.6 is 0 Å². The van der Waals surface area contributed by atoms with Crippen molar-refractivity contribution < 1.29 is 4.79 Å². The van der Waals surface area contributed by atoms with Gasteiger partial charge < -0.3 is 10.6 Å². The third-order valence-electron chi connectivity index (χ3n) is 4.76. The summed E-state index contributed by atoms with van der Waals surface area (Å²) in [6.45, 7) is 0. The van der Waals surface area contributed by atoms with Gasteiger partial charge in [-0.2, -0.15) is 10.2 Å². The van der Waals surface area contributed by atoms with Crippen LogP contribution in [0.5, 0.6) is 0 Å². The average molecular weight is 422 g/mol. The number of carbonyl (C=O) groups excluding carboxylic acids is 1. The molecule has 0 saturated heterocycles. The number of hydrogen-bond acceptors (Lipinski definition) is 6. The van der Waals surface area contributed by atoms with Crippen molar-refractivity contribution in [1.29, 1.82) is 0 Å². The summed E-state index contributed by atoms with van der Waals surface area (Å²) in [5.74, 6) is -0.152. The van der Waals surface area contributed by atoms with Crippen LogP contribution in [0.2, 0.25) is 0 Å². The molecule has 9 nitrogen and oxygen atoms in total. The molecule has 0 radical (unpaired) electrons. The van der Waals surface area contributed by atoms with Gasteiger partial charge in [0.15, 0.2) is 0 Å². The quantitative estimate of drug-likeness (QED) is 0.358. The summed E-state index contributed by atoms with van der Waals surface area (Å²) in [5.41, 5.74) is 4.62. The van der Waals surface area contributed by atoms with Gasteiger partial charge in [0, 0.05) is 28.0 Å². The summed E-state index contributed by atoms with van der Waals surface area (Å²) in [7, 11) is 0. The normalized spacial score (nSPS) is 11.1. The molecule has 3 aromatic carbocycles. The van der Waals surface area contributed by atoms with Crippen molar-refractivity contribution >= 4 is 40.1 Å². The number of rotatable bonds is 6. The van der Waals surface area contributed by atoms with Crippen LogP contribution < -0.4 is 10.6 Å². The summed E-state index contributed by atoms with van der Waals surface area (Å²) in [6, 6.07) is 22.5. The van der Waals surface area contributed by atoms with Crippen molar-refractivity contribution in [3.05, 3.63) is 96.7 Å². The molecule has 0 bridgehead atoms. The molecule has 0 saturated carbocycles. The van der Waals surface area contributed by atoms with Crippen molar-refractivity contribution in [2.75, 3.05) is 10.6 Å². The first kappa shape index (κ1) is 19.2. The maximum atomic E-state index is 12.4. The fraction of sp³-hybridized carbons (Fsp3) is 0. The lowest BCUT2D eigenvalue weighted by atomic mass is 10.2. The number of nitrogens with one attached hydrogen (secondary N) is 3. The smallest absolute Gasteiger partial charge is 0.255 e. The molecule has 1 amide bonds. The second-order valence-electron chi connectivity index (χ2n) is 6.98. The fourth-order valence-corrected chi connectivity index (χ4v) is 3.22. The van der Waals surface area contributed by atoms with E-state index in [0.29, 0.717) is 11.3 Å². The van der Waals surface area contributed by atoms with E-state index in [2.05, 4.69) is 36.1 Å². The van der Waals surface area contributed by atoms with Crippen LogP contribution in [-0.4, -0.2) is 37.2 Å². The number of H-pyrrole nitrogens is 1. The van der Waals surface area contributed by atoms with Gasteiger partial charge >= 0.3 is 0 Å². The summed E-state index contributed by atoms with van der Waals surface area (Å²) in [5, 5.41) is 26.2. The number of hydrogen-bond donors (Lipinski definition) is 3. The highest BCUT2D eigenvalue weighted by atomic mass is 16.1. The second-order valence-corrected chi connectivity index (χ2v) is 6.98. The van der Waals surface area contributed by atoms with Gasteiger partial charge in [-0.3, -0.25) is 9.89 Å². The maximum absolute atomic E-state index is 12.4. The Morgan fingerprint density at radius 2 is 1.69 bits per heavy atom. The molecule has 0 unspecified atom stereocenters. The van der Waals surface area contributed by atoms with Gasteiger partial charge in [0.05, 0.1) is 17.4 Å². The van der Waals surface area contributed by atoms with Gasteiger partial charge in [0.25, 0.3) is 5.91 Å². The Balaban J connectivity index is 1.31. The third-order valence-corrected chi connectivity index (χ3v) is 4.76. The summed E-state index contributed by atoms with van der Waals surface area (Å²) >= 11 is 0. The number of nitrogens with zero attached hydrogens (tertiary/aromatic N) is 5. The van der Waals surface area contributed by atoms with Crippen LogP contribution in [0, 0.1) is 0 Å². The maximum Gasteiger partial charge on any atom is 0.255 e. The van der Waals surface area contributed by atoms with Crippen LogP contribution in [-0.2, 0) is 0 Å². The minimum atomic E-state index is -0.152. The number of fused-ring (bicyclic) bond motifs is 1. The van der Waals surface area contributed by atoms with Gasteiger partial charge in [-0.1, -0.05) is 24.3 Å². The van der Waals surface area contributed by atoms with Crippen molar-refractivity contribution in [2.45, 2.75) is 0 Å². The number of carbonyl (C=O) groups is 1. The highest BCUT2D eigenvalue weighted by Crippen LogP contribution is 2.24. The van der Waals surface area contributed by atoms with E-state index in [-0.39, 0.29) is 5.91 Å². The van der Waals surface area contributed by atoms with Crippen LogP contribution in [0.3, 0.4) is 0 Å². The van der Waals surface area contributed by atoms with Crippen molar-refractivity contribution in [1.82, 2.24) is 25.1 Å². The van der Waals surface area contributed by atoms with E-state index >= 15 is 0 Å². The van der Waals surface area contributed by atoms with Crippen LogP contribution in [0.1, 0.15) is 16.1 Å². The Hall–Kier alpha value is -4.79. The Morgan fingerprint density at radius 1 is 0.906 bits per heavy atom. The SMILES string of the molecule is O=C(Nc1cccc(Nc2ccc3c(C=Nn4cnnc4)[nH]nc3c2)c1)c1ccccc1. The largest absolute Gasteiger partial charge is 0.355 e. The number of benzene rings is 3. The van der Waals surface area contributed by atoms with Gasteiger partial charge in [-0.05, 0) is 48.5 Å². The lowest BCUT2D eigenvalue weighted by molar-refractivity contribution is 0.102. The van der Waals surface area contributed by atoms with E-state index < -0.39 is 0 Å². The van der Waals surface area contributed by atoms with Crippen molar-refractivity contribution in [3.8, 4) is 0 Å². The molecule has 0 atom stereocenters. The molecular weight excluding hydrogens is 404 g/mol. The Bertz CT molecular complexity index is 1390. The Morgan fingerprint density at radius 3 is 2.53 bits per heavy atom. The number of amides is 1. The molecule has 156 valence electrons. The standard InChI is InChI=1S/C23H18N8O/c32-23(16-5-2-1-3-6-16)28-18-8-4-7-17(11-18)27-19-9-10-20-21(12-19)29-30-22(20)13-26-31-14-24-25-15-31/h1-15,27H,(H,28,32)(H,29,30). The summed E-state index contributed by atoms with van der Waals surface area (Å²) < 4.78 is 1.51. The Labute approximate surface area is 182 Å². The molecule has 9 heteroatoms.